The first-order chi connectivity index (χ1) is 13.1. The summed E-state index contributed by atoms with van der Waals surface area (Å²) >= 11 is 0. The highest BCUT2D eigenvalue weighted by Gasteiger charge is 2.32. The SMILES string of the molecule is O=C1CC(C(=O)OCc2nnnn2-c2ccccc2)c2ccc(F)cc2N1. The van der Waals surface area contributed by atoms with Gasteiger partial charge in [-0.25, -0.2) is 4.39 Å². The van der Waals surface area contributed by atoms with Crippen LogP contribution in [0.5, 0.6) is 0 Å². The molecule has 1 aliphatic heterocycles. The second kappa shape index (κ2) is 6.94. The molecule has 27 heavy (non-hydrogen) atoms. The monoisotopic (exact) mass is 367 g/mol. The summed E-state index contributed by atoms with van der Waals surface area (Å²) in [6.45, 7) is -0.157. The molecule has 0 bridgehead atoms. The normalized spacial score (nSPS) is 15.7. The molecule has 8 nitrogen and oxygen atoms in total. The van der Waals surface area contributed by atoms with E-state index in [1.165, 1.54) is 22.9 Å². The zero-order chi connectivity index (χ0) is 18.8. The van der Waals surface area contributed by atoms with E-state index in [1.807, 2.05) is 30.3 Å². The van der Waals surface area contributed by atoms with Gasteiger partial charge in [0.1, 0.15) is 5.82 Å². The third-order valence-corrected chi connectivity index (χ3v) is 4.22. The van der Waals surface area contributed by atoms with Gasteiger partial charge >= 0.3 is 5.97 Å². The third kappa shape index (κ3) is 3.39. The van der Waals surface area contributed by atoms with Crippen LogP contribution in [0, 0.1) is 5.82 Å². The number of para-hydroxylation sites is 1. The number of anilines is 1. The largest absolute Gasteiger partial charge is 0.457 e. The van der Waals surface area contributed by atoms with Crippen LogP contribution in [0.25, 0.3) is 5.69 Å². The van der Waals surface area contributed by atoms with Crippen LogP contribution in [0.3, 0.4) is 0 Å². The lowest BCUT2D eigenvalue weighted by molar-refractivity contribution is -0.148. The molecule has 0 saturated carbocycles. The van der Waals surface area contributed by atoms with Gasteiger partial charge in [0.25, 0.3) is 0 Å². The fourth-order valence-corrected chi connectivity index (χ4v) is 2.95. The Hall–Kier alpha value is -3.62. The van der Waals surface area contributed by atoms with Gasteiger partial charge in [-0.05, 0) is 40.3 Å². The molecular formula is C18H14FN5O3. The van der Waals surface area contributed by atoms with E-state index in [-0.39, 0.29) is 24.6 Å². The number of nitrogens with one attached hydrogen (secondary N) is 1. The van der Waals surface area contributed by atoms with Crippen molar-refractivity contribution in [2.75, 3.05) is 5.32 Å². The number of carbonyl (C=O) groups is 2. The lowest BCUT2D eigenvalue weighted by atomic mass is 9.90. The van der Waals surface area contributed by atoms with Gasteiger partial charge in [0, 0.05) is 12.1 Å². The molecule has 1 N–H and O–H groups in total. The van der Waals surface area contributed by atoms with Crippen molar-refractivity contribution in [1.29, 1.82) is 0 Å². The molecule has 1 atom stereocenters. The Kier molecular flexibility index (Phi) is 4.33. The summed E-state index contributed by atoms with van der Waals surface area (Å²) in [5, 5.41) is 13.9. The highest BCUT2D eigenvalue weighted by molar-refractivity contribution is 5.99. The molecule has 1 aliphatic rings. The second-order valence-corrected chi connectivity index (χ2v) is 5.99. The van der Waals surface area contributed by atoms with E-state index >= 15 is 0 Å². The summed E-state index contributed by atoms with van der Waals surface area (Å²) < 4.78 is 20.2. The molecule has 1 unspecified atom stereocenters. The van der Waals surface area contributed by atoms with E-state index in [4.69, 9.17) is 4.74 Å². The van der Waals surface area contributed by atoms with E-state index in [0.717, 1.165) is 5.69 Å². The number of rotatable bonds is 4. The number of hydrogen-bond acceptors (Lipinski definition) is 6. The van der Waals surface area contributed by atoms with Gasteiger partial charge < -0.3 is 10.1 Å². The quantitative estimate of drug-likeness (QED) is 0.708. The molecule has 2 aromatic carbocycles. The minimum atomic E-state index is -0.810. The predicted octanol–water partition coefficient (Wildman–Crippen LogP) is 1.97. The highest BCUT2D eigenvalue weighted by atomic mass is 19.1. The molecular weight excluding hydrogens is 353 g/mol. The molecule has 9 heteroatoms. The van der Waals surface area contributed by atoms with Crippen molar-refractivity contribution in [3.8, 4) is 5.69 Å². The van der Waals surface area contributed by atoms with Crippen molar-refractivity contribution in [2.45, 2.75) is 18.9 Å². The van der Waals surface area contributed by atoms with Gasteiger partial charge in [-0.1, -0.05) is 24.3 Å². The maximum atomic E-state index is 13.4. The smallest absolute Gasteiger partial charge is 0.314 e. The number of hydrogen-bond donors (Lipinski definition) is 1. The first-order valence-electron chi connectivity index (χ1n) is 8.20. The Balaban J connectivity index is 1.52. The Morgan fingerprint density at radius 2 is 2.07 bits per heavy atom. The van der Waals surface area contributed by atoms with Crippen LogP contribution in [0.1, 0.15) is 23.7 Å². The van der Waals surface area contributed by atoms with Gasteiger partial charge in [-0.3, -0.25) is 9.59 Å². The summed E-state index contributed by atoms with van der Waals surface area (Å²) in [6.07, 6.45) is -0.0684. The molecule has 0 fully saturated rings. The molecule has 1 aromatic heterocycles. The molecule has 136 valence electrons. The van der Waals surface area contributed by atoms with Gasteiger partial charge in [0.15, 0.2) is 12.4 Å². The Morgan fingerprint density at radius 3 is 2.89 bits per heavy atom. The van der Waals surface area contributed by atoms with Crippen LogP contribution in [-0.4, -0.2) is 32.1 Å². The number of tetrazole rings is 1. The number of aromatic nitrogens is 4. The maximum absolute atomic E-state index is 13.4. The van der Waals surface area contributed by atoms with Crippen LogP contribution in [0.15, 0.2) is 48.5 Å². The predicted molar refractivity (Wildman–Crippen MR) is 91.3 cm³/mol. The number of fused-ring (bicyclic) bond motifs is 1. The number of esters is 1. The Labute approximate surface area is 152 Å². The molecule has 2 heterocycles. The highest BCUT2D eigenvalue weighted by Crippen LogP contribution is 2.33. The minimum Gasteiger partial charge on any atom is -0.457 e. The maximum Gasteiger partial charge on any atom is 0.314 e. The van der Waals surface area contributed by atoms with Crippen molar-refractivity contribution >= 4 is 17.6 Å². The number of halogens is 1. The summed E-state index contributed by atoms with van der Waals surface area (Å²) in [6, 6.07) is 13.1. The lowest BCUT2D eigenvalue weighted by Crippen LogP contribution is -2.28. The number of carbonyl (C=O) groups excluding carboxylic acids is 2. The Bertz CT molecular complexity index is 1010. The van der Waals surface area contributed by atoms with Crippen LogP contribution < -0.4 is 5.32 Å². The zero-order valence-electron chi connectivity index (χ0n) is 14.0. The summed E-state index contributed by atoms with van der Waals surface area (Å²) in [4.78, 5) is 24.4. The van der Waals surface area contributed by atoms with Crippen molar-refractivity contribution < 1.29 is 18.7 Å². The van der Waals surface area contributed by atoms with Crippen molar-refractivity contribution in [3.05, 3.63) is 65.7 Å². The molecule has 3 aromatic rings. The van der Waals surface area contributed by atoms with E-state index in [2.05, 4.69) is 20.8 Å². The fraction of sp³-hybridized carbons (Fsp3) is 0.167. The summed E-state index contributed by atoms with van der Waals surface area (Å²) in [5.74, 6) is -1.93. The van der Waals surface area contributed by atoms with E-state index in [9.17, 15) is 14.0 Å². The fourth-order valence-electron chi connectivity index (χ4n) is 2.95. The van der Waals surface area contributed by atoms with Gasteiger partial charge in [0.05, 0.1) is 11.6 Å². The number of nitrogens with zero attached hydrogens (tertiary/aromatic N) is 4. The van der Waals surface area contributed by atoms with Crippen LogP contribution in [0.2, 0.25) is 0 Å². The second-order valence-electron chi connectivity index (χ2n) is 5.99. The van der Waals surface area contributed by atoms with Crippen molar-refractivity contribution in [2.24, 2.45) is 0 Å². The van der Waals surface area contributed by atoms with Gasteiger partial charge in [-0.15, -0.1) is 5.10 Å². The van der Waals surface area contributed by atoms with Gasteiger partial charge in [0.2, 0.25) is 5.91 Å². The molecule has 0 radical (unpaired) electrons. The first-order valence-corrected chi connectivity index (χ1v) is 8.20. The van der Waals surface area contributed by atoms with Crippen LogP contribution in [0.4, 0.5) is 10.1 Å². The number of amides is 1. The molecule has 4 rings (SSSR count). The van der Waals surface area contributed by atoms with Gasteiger partial charge in [-0.2, -0.15) is 4.68 Å². The van der Waals surface area contributed by atoms with E-state index < -0.39 is 17.7 Å². The van der Waals surface area contributed by atoms with Crippen molar-refractivity contribution in [3.63, 3.8) is 0 Å². The first kappa shape index (κ1) is 16.8. The summed E-state index contributed by atoms with van der Waals surface area (Å²) in [5.41, 5.74) is 1.53. The average molecular weight is 367 g/mol. The zero-order valence-corrected chi connectivity index (χ0v) is 14.0. The average Bonchev–Trinajstić information content (AvgIpc) is 3.14. The topological polar surface area (TPSA) is 99.0 Å². The lowest BCUT2D eigenvalue weighted by Gasteiger charge is -2.24. The third-order valence-electron chi connectivity index (χ3n) is 4.22. The van der Waals surface area contributed by atoms with E-state index in [1.54, 1.807) is 0 Å². The Morgan fingerprint density at radius 1 is 1.26 bits per heavy atom. The van der Waals surface area contributed by atoms with Crippen LogP contribution >= 0.6 is 0 Å². The number of ether oxygens (including phenoxy) is 1. The summed E-state index contributed by atoms with van der Waals surface area (Å²) in [7, 11) is 0. The standard InChI is InChI=1S/C18H14FN5O3/c19-11-6-7-13-14(9-17(25)20-15(13)8-11)18(26)27-10-16-21-22-23-24(16)12-4-2-1-3-5-12/h1-8,14H,9-10H2,(H,20,25). The van der Waals surface area contributed by atoms with E-state index in [0.29, 0.717) is 11.4 Å². The molecule has 0 saturated heterocycles. The number of benzene rings is 2. The molecule has 0 aliphatic carbocycles. The molecule has 0 spiro atoms. The minimum absolute atomic E-state index is 0.0684. The van der Waals surface area contributed by atoms with Crippen molar-refractivity contribution in [1.82, 2.24) is 20.2 Å². The molecule has 1 amide bonds. The van der Waals surface area contributed by atoms with Crippen LogP contribution in [-0.2, 0) is 20.9 Å².